The van der Waals surface area contributed by atoms with E-state index in [-0.39, 0.29) is 0 Å². The fourth-order valence-electron chi connectivity index (χ4n) is 4.64. The molecule has 1 aromatic carbocycles. The van der Waals surface area contributed by atoms with E-state index in [4.69, 9.17) is 4.74 Å². The van der Waals surface area contributed by atoms with Gasteiger partial charge in [-0.25, -0.2) is 0 Å². The lowest BCUT2D eigenvalue weighted by Crippen LogP contribution is -2.37. The molecule has 2 aliphatic heterocycles. The number of fused-ring (bicyclic) bond motifs is 5. The van der Waals surface area contributed by atoms with Crippen LogP contribution < -0.4 is 4.74 Å². The Morgan fingerprint density at radius 3 is 3.05 bits per heavy atom. The molecule has 3 atom stereocenters. The number of nitrogens with zero attached hydrogens (tertiary/aromatic N) is 1. The first-order valence-corrected chi connectivity index (χ1v) is 7.79. The Morgan fingerprint density at radius 2 is 2.16 bits per heavy atom. The van der Waals surface area contributed by atoms with Gasteiger partial charge in [0, 0.05) is 12.1 Å². The standard InChI is InChI=1S/C17H23NO/c1-19-15-8-7-12-5-6-13-10-14-4-2-3-9-18(14)17(13)16(12)11-15/h7-8,11,13-14,17H,2-6,9-10H2,1H3. The van der Waals surface area contributed by atoms with Gasteiger partial charge in [0.05, 0.1) is 7.11 Å². The summed E-state index contributed by atoms with van der Waals surface area (Å²) in [7, 11) is 1.78. The second-order valence-electron chi connectivity index (χ2n) is 6.43. The summed E-state index contributed by atoms with van der Waals surface area (Å²) in [6.45, 7) is 1.31. The molecular weight excluding hydrogens is 234 g/mol. The van der Waals surface area contributed by atoms with Crippen molar-refractivity contribution in [3.05, 3.63) is 29.3 Å². The molecule has 0 amide bonds. The van der Waals surface area contributed by atoms with Crippen LogP contribution in [0.4, 0.5) is 0 Å². The molecule has 3 aliphatic rings. The smallest absolute Gasteiger partial charge is 0.119 e. The van der Waals surface area contributed by atoms with Gasteiger partial charge >= 0.3 is 0 Å². The molecule has 0 radical (unpaired) electrons. The second-order valence-corrected chi connectivity index (χ2v) is 6.43. The minimum Gasteiger partial charge on any atom is -0.497 e. The third-order valence-electron chi connectivity index (χ3n) is 5.51. The molecular formula is C17H23NO. The van der Waals surface area contributed by atoms with E-state index in [1.807, 2.05) is 0 Å². The Bertz CT molecular complexity index is 484. The van der Waals surface area contributed by atoms with Crippen molar-refractivity contribution in [2.24, 2.45) is 5.92 Å². The molecule has 2 heterocycles. The fourth-order valence-corrected chi connectivity index (χ4v) is 4.64. The van der Waals surface area contributed by atoms with Crippen LogP contribution >= 0.6 is 0 Å². The van der Waals surface area contributed by atoms with E-state index < -0.39 is 0 Å². The Balaban J connectivity index is 1.74. The van der Waals surface area contributed by atoms with Crippen molar-refractivity contribution in [2.45, 2.75) is 50.6 Å². The first-order chi connectivity index (χ1) is 9.36. The molecule has 0 saturated carbocycles. The van der Waals surface area contributed by atoms with Crippen molar-refractivity contribution in [3.63, 3.8) is 0 Å². The van der Waals surface area contributed by atoms with E-state index >= 15 is 0 Å². The highest BCUT2D eigenvalue weighted by Gasteiger charge is 2.44. The number of aryl methyl sites for hydroxylation is 1. The van der Waals surface area contributed by atoms with Crippen LogP contribution in [0.15, 0.2) is 18.2 Å². The van der Waals surface area contributed by atoms with E-state index in [1.54, 1.807) is 18.2 Å². The summed E-state index contributed by atoms with van der Waals surface area (Å²) >= 11 is 0. The number of hydrogen-bond donors (Lipinski definition) is 0. The van der Waals surface area contributed by atoms with E-state index in [1.165, 1.54) is 45.1 Å². The number of benzene rings is 1. The average molecular weight is 257 g/mol. The van der Waals surface area contributed by atoms with E-state index in [9.17, 15) is 0 Å². The first kappa shape index (κ1) is 11.8. The van der Waals surface area contributed by atoms with Gasteiger partial charge in [-0.1, -0.05) is 12.5 Å². The zero-order valence-electron chi connectivity index (χ0n) is 11.8. The Hall–Kier alpha value is -1.02. The lowest BCUT2D eigenvalue weighted by atomic mass is 9.80. The quantitative estimate of drug-likeness (QED) is 0.763. The molecule has 0 N–H and O–H groups in total. The lowest BCUT2D eigenvalue weighted by Gasteiger charge is -2.37. The highest BCUT2D eigenvalue weighted by Crippen LogP contribution is 2.50. The summed E-state index contributed by atoms with van der Waals surface area (Å²) in [6.07, 6.45) is 8.33. The molecule has 2 heteroatoms. The van der Waals surface area contributed by atoms with Crippen LogP contribution in [-0.2, 0) is 6.42 Å². The van der Waals surface area contributed by atoms with Crippen LogP contribution in [0.2, 0.25) is 0 Å². The molecule has 102 valence electrons. The van der Waals surface area contributed by atoms with Crippen molar-refractivity contribution in [1.29, 1.82) is 0 Å². The number of rotatable bonds is 1. The first-order valence-electron chi connectivity index (χ1n) is 7.79. The largest absolute Gasteiger partial charge is 0.497 e. The van der Waals surface area contributed by atoms with Gasteiger partial charge in [-0.05, 0) is 67.8 Å². The molecule has 0 bridgehead atoms. The van der Waals surface area contributed by atoms with Gasteiger partial charge < -0.3 is 4.74 Å². The maximum absolute atomic E-state index is 5.45. The lowest BCUT2D eigenvalue weighted by molar-refractivity contribution is 0.136. The summed E-state index contributed by atoms with van der Waals surface area (Å²) < 4.78 is 5.45. The SMILES string of the molecule is COc1ccc2c(c1)C1C(CC2)CC2CCCCN21. The average Bonchev–Trinajstić information content (AvgIpc) is 2.85. The van der Waals surface area contributed by atoms with Crippen LogP contribution in [-0.4, -0.2) is 24.6 Å². The molecule has 1 aliphatic carbocycles. The van der Waals surface area contributed by atoms with Gasteiger partial charge in [-0.15, -0.1) is 0 Å². The highest BCUT2D eigenvalue weighted by atomic mass is 16.5. The summed E-state index contributed by atoms with van der Waals surface area (Å²) in [6, 6.07) is 8.28. The molecule has 19 heavy (non-hydrogen) atoms. The van der Waals surface area contributed by atoms with Gasteiger partial charge in [0.25, 0.3) is 0 Å². The third-order valence-corrected chi connectivity index (χ3v) is 5.51. The second kappa shape index (κ2) is 4.52. The normalized spacial score (nSPS) is 33.4. The molecule has 4 rings (SSSR count). The molecule has 0 aromatic heterocycles. The zero-order chi connectivity index (χ0) is 12.8. The minimum atomic E-state index is 0.684. The Labute approximate surface area is 115 Å². The van der Waals surface area contributed by atoms with E-state index in [2.05, 4.69) is 23.1 Å². The monoisotopic (exact) mass is 257 g/mol. The fraction of sp³-hybridized carbons (Fsp3) is 0.647. The molecule has 3 unspecified atom stereocenters. The van der Waals surface area contributed by atoms with E-state index in [0.717, 1.165) is 17.7 Å². The molecule has 2 nitrogen and oxygen atoms in total. The summed E-state index contributed by atoms with van der Waals surface area (Å²) in [4.78, 5) is 2.81. The number of piperidine rings is 1. The molecule has 2 fully saturated rings. The topological polar surface area (TPSA) is 12.5 Å². The summed E-state index contributed by atoms with van der Waals surface area (Å²) in [5, 5.41) is 0. The molecule has 2 saturated heterocycles. The van der Waals surface area contributed by atoms with Crippen LogP contribution in [0.3, 0.4) is 0 Å². The predicted octanol–water partition coefficient (Wildman–Crippen LogP) is 3.56. The molecule has 0 spiro atoms. The van der Waals surface area contributed by atoms with Crippen LogP contribution in [0, 0.1) is 5.92 Å². The van der Waals surface area contributed by atoms with Gasteiger partial charge in [-0.2, -0.15) is 0 Å². The van der Waals surface area contributed by atoms with Crippen molar-refractivity contribution < 1.29 is 4.74 Å². The predicted molar refractivity (Wildman–Crippen MR) is 76.5 cm³/mol. The third kappa shape index (κ3) is 1.80. The number of hydrogen-bond acceptors (Lipinski definition) is 2. The van der Waals surface area contributed by atoms with Crippen LogP contribution in [0.5, 0.6) is 5.75 Å². The number of methoxy groups -OCH3 is 1. The highest BCUT2D eigenvalue weighted by molar-refractivity contribution is 5.40. The van der Waals surface area contributed by atoms with Crippen LogP contribution in [0.25, 0.3) is 0 Å². The van der Waals surface area contributed by atoms with E-state index in [0.29, 0.717) is 6.04 Å². The van der Waals surface area contributed by atoms with Gasteiger partial charge in [0.15, 0.2) is 0 Å². The van der Waals surface area contributed by atoms with Crippen molar-refractivity contribution >= 4 is 0 Å². The summed E-state index contributed by atoms with van der Waals surface area (Å²) in [5.74, 6) is 1.92. The van der Waals surface area contributed by atoms with Crippen LogP contribution in [0.1, 0.15) is 49.3 Å². The minimum absolute atomic E-state index is 0.684. The Kier molecular flexibility index (Phi) is 2.80. The number of ether oxygens (including phenoxy) is 1. The zero-order valence-corrected chi connectivity index (χ0v) is 11.8. The van der Waals surface area contributed by atoms with Crippen molar-refractivity contribution in [2.75, 3.05) is 13.7 Å². The molecule has 1 aromatic rings. The maximum atomic E-state index is 5.45. The Morgan fingerprint density at radius 1 is 1.21 bits per heavy atom. The van der Waals surface area contributed by atoms with Crippen molar-refractivity contribution in [1.82, 2.24) is 4.90 Å². The van der Waals surface area contributed by atoms with Gasteiger partial charge in [0.1, 0.15) is 5.75 Å². The maximum Gasteiger partial charge on any atom is 0.119 e. The van der Waals surface area contributed by atoms with Gasteiger partial charge in [0.2, 0.25) is 0 Å². The summed E-state index contributed by atoms with van der Waals surface area (Å²) in [5.41, 5.74) is 3.13. The van der Waals surface area contributed by atoms with Crippen molar-refractivity contribution in [3.8, 4) is 5.75 Å². The van der Waals surface area contributed by atoms with Gasteiger partial charge in [-0.3, -0.25) is 4.90 Å².